The lowest BCUT2D eigenvalue weighted by Gasteiger charge is -2.13. The second-order valence-electron chi connectivity index (χ2n) is 5.42. The van der Waals surface area contributed by atoms with Crippen LogP contribution in [0, 0.1) is 0 Å². The summed E-state index contributed by atoms with van der Waals surface area (Å²) in [6.45, 7) is 0. The minimum absolute atomic E-state index is 0. The lowest BCUT2D eigenvalue weighted by molar-refractivity contribution is 1.78. The Morgan fingerprint density at radius 2 is 0.636 bits per heavy atom. The van der Waals surface area contributed by atoms with Gasteiger partial charge in [-0.15, -0.1) is 0 Å². The zero-order valence-corrected chi connectivity index (χ0v) is 12.3. The lowest BCUT2D eigenvalue weighted by atomic mass is 9.90. The van der Waals surface area contributed by atoms with Crippen molar-refractivity contribution in [1.82, 2.24) is 12.3 Å². The summed E-state index contributed by atoms with van der Waals surface area (Å²) in [5, 5.41) is 10.9. The number of hydrogen-bond donors (Lipinski definition) is 2. The van der Waals surface area contributed by atoms with Crippen molar-refractivity contribution in [1.29, 1.82) is 0 Å². The molecule has 5 aromatic rings. The molecule has 2 heteroatoms. The Balaban J connectivity index is 0.000000720. The Morgan fingerprint density at radius 3 is 0.909 bits per heavy atom. The average molecular weight is 286 g/mol. The van der Waals surface area contributed by atoms with Crippen molar-refractivity contribution in [2.45, 2.75) is 0 Å². The Labute approximate surface area is 128 Å². The van der Waals surface area contributed by atoms with Crippen LogP contribution < -0.4 is 12.3 Å². The van der Waals surface area contributed by atoms with Gasteiger partial charge >= 0.3 is 0 Å². The second-order valence-corrected chi connectivity index (χ2v) is 5.42. The highest BCUT2D eigenvalue weighted by Gasteiger charge is 2.11. The van der Waals surface area contributed by atoms with E-state index in [1.165, 1.54) is 43.1 Å². The standard InChI is InChI=1S/C20H12.2H3N/c1-5-13-6-2-11-17-18-12-4-8-14-7-3-10-16(20(14)18)15(9-1)19(13)17;;/h1-12H;2*1H3. The van der Waals surface area contributed by atoms with Gasteiger partial charge in [-0.1, -0.05) is 72.8 Å². The minimum Gasteiger partial charge on any atom is -0.344 e. The smallest absolute Gasteiger partial charge is 0.00264 e. The predicted octanol–water partition coefficient (Wildman–Crippen LogP) is 6.06. The summed E-state index contributed by atoms with van der Waals surface area (Å²) in [5.74, 6) is 0. The topological polar surface area (TPSA) is 70.0 Å². The van der Waals surface area contributed by atoms with Crippen molar-refractivity contribution in [3.63, 3.8) is 0 Å². The molecule has 2 nitrogen and oxygen atoms in total. The van der Waals surface area contributed by atoms with Crippen LogP contribution in [-0.2, 0) is 0 Å². The van der Waals surface area contributed by atoms with Crippen molar-refractivity contribution < 1.29 is 0 Å². The molecule has 5 aromatic carbocycles. The summed E-state index contributed by atoms with van der Waals surface area (Å²) in [7, 11) is 0. The molecule has 0 fully saturated rings. The van der Waals surface area contributed by atoms with Gasteiger partial charge in [0, 0.05) is 0 Å². The molecule has 5 rings (SSSR count). The van der Waals surface area contributed by atoms with E-state index in [9.17, 15) is 0 Å². The molecule has 0 saturated carbocycles. The third-order valence-corrected chi connectivity index (χ3v) is 4.39. The van der Waals surface area contributed by atoms with Gasteiger partial charge in [-0.05, 0) is 43.1 Å². The van der Waals surface area contributed by atoms with Crippen LogP contribution in [-0.4, -0.2) is 0 Å². The van der Waals surface area contributed by atoms with E-state index >= 15 is 0 Å². The van der Waals surface area contributed by atoms with E-state index in [1.807, 2.05) is 0 Å². The first-order valence-electron chi connectivity index (χ1n) is 6.98. The molecular formula is C20H18N2. The first-order valence-corrected chi connectivity index (χ1v) is 6.98. The molecule has 0 aliphatic carbocycles. The molecule has 0 radical (unpaired) electrons. The first kappa shape index (κ1) is 14.3. The van der Waals surface area contributed by atoms with E-state index < -0.39 is 0 Å². The van der Waals surface area contributed by atoms with Crippen LogP contribution in [0.2, 0.25) is 0 Å². The van der Waals surface area contributed by atoms with Gasteiger partial charge in [-0.2, -0.15) is 0 Å². The summed E-state index contributed by atoms with van der Waals surface area (Å²) in [6, 6.07) is 26.4. The number of fused-ring (bicyclic) bond motifs is 2. The molecule has 0 atom stereocenters. The third-order valence-electron chi connectivity index (χ3n) is 4.39. The number of hydrogen-bond acceptors (Lipinski definition) is 2. The Hall–Kier alpha value is -2.68. The van der Waals surface area contributed by atoms with Gasteiger partial charge in [0.15, 0.2) is 0 Å². The van der Waals surface area contributed by atoms with E-state index in [2.05, 4.69) is 72.8 Å². The molecule has 0 unspecified atom stereocenters. The average Bonchev–Trinajstić information content (AvgIpc) is 2.52. The van der Waals surface area contributed by atoms with Crippen molar-refractivity contribution in [3.8, 4) is 0 Å². The third kappa shape index (κ3) is 1.62. The summed E-state index contributed by atoms with van der Waals surface area (Å²) in [6.07, 6.45) is 0. The second kappa shape index (κ2) is 4.95. The number of rotatable bonds is 0. The van der Waals surface area contributed by atoms with E-state index in [1.54, 1.807) is 0 Å². The lowest BCUT2D eigenvalue weighted by Crippen LogP contribution is -1.85. The predicted molar refractivity (Wildman–Crippen MR) is 97.7 cm³/mol. The highest BCUT2D eigenvalue weighted by atomic mass is 14.1. The van der Waals surface area contributed by atoms with E-state index in [-0.39, 0.29) is 12.3 Å². The largest absolute Gasteiger partial charge is 0.344 e. The summed E-state index contributed by atoms with van der Waals surface area (Å²) < 4.78 is 0. The normalized spacial score (nSPS) is 10.9. The van der Waals surface area contributed by atoms with Crippen LogP contribution in [0.3, 0.4) is 0 Å². The molecule has 0 aliphatic heterocycles. The zero-order valence-electron chi connectivity index (χ0n) is 12.3. The molecule has 6 N–H and O–H groups in total. The molecule has 0 aliphatic rings. The summed E-state index contributed by atoms with van der Waals surface area (Å²) >= 11 is 0. The highest BCUT2D eigenvalue weighted by molar-refractivity contribution is 6.32. The molecule has 0 spiro atoms. The van der Waals surface area contributed by atoms with Crippen LogP contribution >= 0.6 is 0 Å². The van der Waals surface area contributed by atoms with Gasteiger partial charge in [0.05, 0.1) is 0 Å². The first-order chi connectivity index (χ1) is 9.93. The monoisotopic (exact) mass is 286 g/mol. The van der Waals surface area contributed by atoms with Gasteiger partial charge in [0.2, 0.25) is 0 Å². The van der Waals surface area contributed by atoms with Crippen LogP contribution in [0.4, 0.5) is 0 Å². The molecule has 108 valence electrons. The van der Waals surface area contributed by atoms with Crippen LogP contribution in [0.1, 0.15) is 0 Å². The maximum Gasteiger partial charge on any atom is -0.00264 e. The number of benzene rings is 5. The maximum absolute atomic E-state index is 2.25. The summed E-state index contributed by atoms with van der Waals surface area (Å²) in [5.41, 5.74) is 0. The fourth-order valence-electron chi connectivity index (χ4n) is 3.58. The van der Waals surface area contributed by atoms with Gasteiger partial charge < -0.3 is 12.3 Å². The Kier molecular flexibility index (Phi) is 3.21. The minimum atomic E-state index is 0. The molecule has 0 aromatic heterocycles. The quantitative estimate of drug-likeness (QED) is 0.268. The van der Waals surface area contributed by atoms with Gasteiger partial charge in [-0.25, -0.2) is 0 Å². The molecule has 0 saturated heterocycles. The van der Waals surface area contributed by atoms with Crippen LogP contribution in [0.15, 0.2) is 72.8 Å². The van der Waals surface area contributed by atoms with Crippen LogP contribution in [0.25, 0.3) is 43.1 Å². The Bertz CT molecular complexity index is 927. The molecule has 0 heterocycles. The fourth-order valence-corrected chi connectivity index (χ4v) is 3.58. The maximum atomic E-state index is 2.25. The molecule has 22 heavy (non-hydrogen) atoms. The highest BCUT2D eigenvalue weighted by Crippen LogP contribution is 2.39. The Morgan fingerprint density at radius 1 is 0.364 bits per heavy atom. The fraction of sp³-hybridized carbons (Fsp3) is 0. The molecule has 0 amide bonds. The van der Waals surface area contributed by atoms with Crippen molar-refractivity contribution in [2.75, 3.05) is 0 Å². The van der Waals surface area contributed by atoms with E-state index in [0.29, 0.717) is 0 Å². The van der Waals surface area contributed by atoms with Crippen molar-refractivity contribution in [3.05, 3.63) is 72.8 Å². The van der Waals surface area contributed by atoms with Gasteiger partial charge in [0.25, 0.3) is 0 Å². The molecule has 0 bridgehead atoms. The zero-order chi connectivity index (χ0) is 13.1. The van der Waals surface area contributed by atoms with Crippen LogP contribution in [0.5, 0.6) is 0 Å². The van der Waals surface area contributed by atoms with Crippen molar-refractivity contribution in [2.24, 2.45) is 0 Å². The van der Waals surface area contributed by atoms with Gasteiger partial charge in [-0.3, -0.25) is 0 Å². The van der Waals surface area contributed by atoms with Crippen molar-refractivity contribution >= 4 is 43.1 Å². The molecular weight excluding hydrogens is 268 g/mol. The summed E-state index contributed by atoms with van der Waals surface area (Å²) in [4.78, 5) is 0. The van der Waals surface area contributed by atoms with Gasteiger partial charge in [0.1, 0.15) is 0 Å². The SMILES string of the molecule is N.N.c1cc2cccc3c4cccc5cccc(c(c1)c23)c54. The van der Waals surface area contributed by atoms with E-state index in [0.717, 1.165) is 0 Å². The van der Waals surface area contributed by atoms with E-state index in [4.69, 9.17) is 0 Å².